The van der Waals surface area contributed by atoms with Gasteiger partial charge in [0.25, 0.3) is 0 Å². The van der Waals surface area contributed by atoms with Gasteiger partial charge in [0.15, 0.2) is 0 Å². The lowest BCUT2D eigenvalue weighted by molar-refractivity contribution is 0.0307. The molecule has 0 rings (SSSR count). The predicted octanol–water partition coefficient (Wildman–Crippen LogP) is -0.607. The van der Waals surface area contributed by atoms with Gasteiger partial charge >= 0.3 is 8.25 Å². The molecule has 0 heterocycles. The average molecular weight is 344 g/mol. The fraction of sp³-hybridized carbons (Fsp3) is 1.00. The molecule has 0 aromatic rings. The monoisotopic (exact) mass is 344 g/mol. The highest BCUT2D eigenvalue weighted by Crippen LogP contribution is 2.22. The van der Waals surface area contributed by atoms with E-state index in [1.165, 1.54) is 0 Å². The summed E-state index contributed by atoms with van der Waals surface area (Å²) in [6.45, 7) is 4.97. The van der Waals surface area contributed by atoms with Crippen LogP contribution in [0.3, 0.4) is 0 Å². The van der Waals surface area contributed by atoms with Crippen LogP contribution in [-0.2, 0) is 32.6 Å². The minimum Gasteiger partial charge on any atom is -0.378 e. The van der Waals surface area contributed by atoms with Crippen molar-refractivity contribution in [2.75, 3.05) is 79.2 Å². The SMILES string of the molecule is NCCOCCOCCO[PH](=O)OCCOCCOCCN. The summed E-state index contributed by atoms with van der Waals surface area (Å²) in [4.78, 5) is 0. The van der Waals surface area contributed by atoms with Crippen LogP contribution in [0.25, 0.3) is 0 Å². The molecule has 0 aromatic heterocycles. The molecule has 0 amide bonds. The highest BCUT2D eigenvalue weighted by atomic mass is 31.1. The van der Waals surface area contributed by atoms with Crippen LogP contribution in [0.2, 0.25) is 0 Å². The quantitative estimate of drug-likeness (QED) is 0.247. The zero-order valence-corrected chi connectivity index (χ0v) is 14.0. The highest BCUT2D eigenvalue weighted by Gasteiger charge is 2.00. The molecule has 0 saturated carbocycles. The molecule has 0 radical (unpaired) electrons. The summed E-state index contributed by atoms with van der Waals surface area (Å²) in [6, 6.07) is 0. The van der Waals surface area contributed by atoms with E-state index >= 15 is 0 Å². The first-order valence-electron chi connectivity index (χ1n) is 7.32. The first-order chi connectivity index (χ1) is 10.8. The van der Waals surface area contributed by atoms with E-state index in [1.54, 1.807) is 0 Å². The molecule has 4 N–H and O–H groups in total. The van der Waals surface area contributed by atoms with Crippen LogP contribution in [0.15, 0.2) is 0 Å². The van der Waals surface area contributed by atoms with Gasteiger partial charge in [-0.3, -0.25) is 4.57 Å². The van der Waals surface area contributed by atoms with Gasteiger partial charge in [-0.2, -0.15) is 0 Å². The molecular weight excluding hydrogens is 315 g/mol. The molecule has 0 spiro atoms. The molecule has 9 nitrogen and oxygen atoms in total. The largest absolute Gasteiger partial charge is 0.378 e. The molecule has 0 fully saturated rings. The summed E-state index contributed by atoms with van der Waals surface area (Å²) in [5.74, 6) is 0. The molecule has 0 aliphatic rings. The summed E-state index contributed by atoms with van der Waals surface area (Å²) in [5.41, 5.74) is 10.5. The van der Waals surface area contributed by atoms with Crippen LogP contribution in [0.1, 0.15) is 0 Å². The Morgan fingerprint density at radius 1 is 0.545 bits per heavy atom. The van der Waals surface area contributed by atoms with Crippen molar-refractivity contribution in [1.29, 1.82) is 0 Å². The van der Waals surface area contributed by atoms with Gasteiger partial charge in [0.2, 0.25) is 0 Å². The molecule has 22 heavy (non-hydrogen) atoms. The lowest BCUT2D eigenvalue weighted by Gasteiger charge is -2.07. The van der Waals surface area contributed by atoms with Gasteiger partial charge < -0.3 is 39.5 Å². The van der Waals surface area contributed by atoms with Crippen molar-refractivity contribution < 1.29 is 32.6 Å². The molecule has 0 unspecified atom stereocenters. The van der Waals surface area contributed by atoms with Gasteiger partial charge in [-0.25, -0.2) is 0 Å². The van der Waals surface area contributed by atoms with Gasteiger partial charge in [0.05, 0.1) is 66.1 Å². The van der Waals surface area contributed by atoms with Gasteiger partial charge in [0, 0.05) is 13.1 Å². The summed E-state index contributed by atoms with van der Waals surface area (Å²) in [5, 5.41) is 0. The average Bonchev–Trinajstić information content (AvgIpc) is 2.52. The fourth-order valence-electron chi connectivity index (χ4n) is 1.22. The lowest BCUT2D eigenvalue weighted by atomic mass is 10.7. The van der Waals surface area contributed by atoms with E-state index in [0.29, 0.717) is 65.9 Å². The van der Waals surface area contributed by atoms with Gasteiger partial charge in [-0.1, -0.05) is 0 Å². The third-order valence-corrected chi connectivity index (χ3v) is 3.04. The molecule has 0 aliphatic heterocycles. The van der Waals surface area contributed by atoms with E-state index < -0.39 is 8.25 Å². The molecule has 0 bridgehead atoms. The smallest absolute Gasteiger partial charge is 0.319 e. The first kappa shape index (κ1) is 21.9. The molecule has 0 aromatic carbocycles. The summed E-state index contributed by atoms with van der Waals surface area (Å²) in [6.07, 6.45) is 0. The molecule has 10 heteroatoms. The third kappa shape index (κ3) is 18.0. The minimum atomic E-state index is -2.50. The van der Waals surface area contributed by atoms with Crippen molar-refractivity contribution in [1.82, 2.24) is 0 Å². The molecule has 134 valence electrons. The van der Waals surface area contributed by atoms with E-state index in [2.05, 4.69) is 0 Å². The topological polar surface area (TPSA) is 124 Å². The van der Waals surface area contributed by atoms with Crippen molar-refractivity contribution >= 4 is 8.25 Å². The molecule has 0 atom stereocenters. The van der Waals surface area contributed by atoms with Gasteiger partial charge in [-0.05, 0) is 0 Å². The Bertz CT molecular complexity index is 228. The minimum absolute atomic E-state index is 0.211. The normalized spacial score (nSPS) is 11.4. The van der Waals surface area contributed by atoms with E-state index in [1.807, 2.05) is 0 Å². The second-order valence-corrected chi connectivity index (χ2v) is 5.05. The number of hydrogen-bond donors (Lipinski definition) is 2. The maximum atomic E-state index is 11.3. The molecular formula is C12H29N2O7P. The lowest BCUT2D eigenvalue weighted by Crippen LogP contribution is -2.13. The van der Waals surface area contributed by atoms with Crippen LogP contribution in [0.5, 0.6) is 0 Å². The zero-order chi connectivity index (χ0) is 16.3. The Morgan fingerprint density at radius 3 is 1.23 bits per heavy atom. The maximum absolute atomic E-state index is 11.3. The summed E-state index contributed by atoms with van der Waals surface area (Å²) in [7, 11) is -2.50. The molecule has 0 saturated heterocycles. The fourth-order valence-corrected chi connectivity index (χ4v) is 1.80. The Kier molecular flexibility index (Phi) is 18.9. The Morgan fingerprint density at radius 2 is 0.864 bits per heavy atom. The Balaban J connectivity index is 3.13. The number of nitrogens with two attached hydrogens (primary N) is 2. The van der Waals surface area contributed by atoms with E-state index in [4.69, 9.17) is 39.5 Å². The van der Waals surface area contributed by atoms with Crippen molar-refractivity contribution in [3.63, 3.8) is 0 Å². The molecule has 0 aliphatic carbocycles. The number of ether oxygens (including phenoxy) is 4. The van der Waals surface area contributed by atoms with E-state index in [0.717, 1.165) is 0 Å². The van der Waals surface area contributed by atoms with Crippen LogP contribution in [0, 0.1) is 0 Å². The second-order valence-electron chi connectivity index (χ2n) is 3.97. The summed E-state index contributed by atoms with van der Waals surface area (Å²) >= 11 is 0. The second kappa shape index (κ2) is 19.0. The van der Waals surface area contributed by atoms with E-state index in [9.17, 15) is 4.57 Å². The maximum Gasteiger partial charge on any atom is 0.319 e. The van der Waals surface area contributed by atoms with E-state index in [-0.39, 0.29) is 13.2 Å². The van der Waals surface area contributed by atoms with Gasteiger partial charge in [-0.15, -0.1) is 0 Å². The van der Waals surface area contributed by atoms with Crippen LogP contribution >= 0.6 is 8.25 Å². The number of hydrogen-bond acceptors (Lipinski definition) is 9. The van der Waals surface area contributed by atoms with Crippen molar-refractivity contribution in [2.24, 2.45) is 11.5 Å². The van der Waals surface area contributed by atoms with Crippen molar-refractivity contribution in [3.8, 4) is 0 Å². The third-order valence-electron chi connectivity index (χ3n) is 2.16. The van der Waals surface area contributed by atoms with Crippen molar-refractivity contribution in [3.05, 3.63) is 0 Å². The summed E-state index contributed by atoms with van der Waals surface area (Å²) < 4.78 is 41.9. The standard InChI is InChI=1S/C12H29N2O7P/c13-1-3-16-5-7-18-9-11-20-22(15)21-12-10-19-8-6-17-4-2-14/h22H,1-14H2. The van der Waals surface area contributed by atoms with Crippen LogP contribution < -0.4 is 11.5 Å². The van der Waals surface area contributed by atoms with Crippen LogP contribution in [-0.4, -0.2) is 79.2 Å². The first-order valence-corrected chi connectivity index (χ1v) is 8.54. The predicted molar refractivity (Wildman–Crippen MR) is 82.3 cm³/mol. The van der Waals surface area contributed by atoms with Gasteiger partial charge in [0.1, 0.15) is 0 Å². The Labute approximate surface area is 132 Å². The highest BCUT2D eigenvalue weighted by molar-refractivity contribution is 7.33. The van der Waals surface area contributed by atoms with Crippen LogP contribution in [0.4, 0.5) is 0 Å². The zero-order valence-electron chi connectivity index (χ0n) is 13.0. The Hall–Kier alpha value is -0.0900. The van der Waals surface area contributed by atoms with Crippen molar-refractivity contribution in [2.45, 2.75) is 0 Å². The number of rotatable bonds is 18.